The van der Waals surface area contributed by atoms with Gasteiger partial charge in [0.15, 0.2) is 0 Å². The normalized spacial score (nSPS) is 10.6. The number of hydrogen-bond acceptors (Lipinski definition) is 3. The minimum Gasteiger partial charge on any atom is -0.334 e. The summed E-state index contributed by atoms with van der Waals surface area (Å²) in [5.74, 6) is -0.388. The highest BCUT2D eigenvalue weighted by Crippen LogP contribution is 2.24. The van der Waals surface area contributed by atoms with E-state index in [-0.39, 0.29) is 18.4 Å². The number of anilines is 1. The van der Waals surface area contributed by atoms with Crippen LogP contribution in [-0.4, -0.2) is 55.3 Å². The quantitative estimate of drug-likeness (QED) is 0.826. The third-order valence-corrected chi connectivity index (χ3v) is 3.76. The standard InChI is InChI=1S/C15H21Cl2N3O2/c1-11(21)20(8-4-7-19(2)3)10-15(22)18-12-5-6-13(16)14(17)9-12/h5-6,9H,4,7-8,10H2,1-3H3,(H,18,22). The molecule has 0 spiro atoms. The summed E-state index contributed by atoms with van der Waals surface area (Å²) in [5.41, 5.74) is 0.552. The van der Waals surface area contributed by atoms with Gasteiger partial charge in [0, 0.05) is 19.2 Å². The lowest BCUT2D eigenvalue weighted by atomic mass is 10.3. The number of benzene rings is 1. The lowest BCUT2D eigenvalue weighted by molar-refractivity contribution is -0.132. The Morgan fingerprint density at radius 1 is 1.14 bits per heavy atom. The summed E-state index contributed by atoms with van der Waals surface area (Å²) in [6, 6.07) is 4.85. The number of rotatable bonds is 7. The zero-order valence-corrected chi connectivity index (χ0v) is 14.5. The Morgan fingerprint density at radius 3 is 2.36 bits per heavy atom. The van der Waals surface area contributed by atoms with Crippen molar-refractivity contribution in [1.29, 1.82) is 0 Å². The summed E-state index contributed by atoms with van der Waals surface area (Å²) in [7, 11) is 3.93. The summed E-state index contributed by atoms with van der Waals surface area (Å²) in [6.45, 7) is 2.88. The molecule has 0 saturated heterocycles. The van der Waals surface area contributed by atoms with Gasteiger partial charge in [-0.25, -0.2) is 0 Å². The molecular formula is C15H21Cl2N3O2. The first kappa shape index (κ1) is 18.7. The lowest BCUT2D eigenvalue weighted by Crippen LogP contribution is -2.38. The Balaban J connectivity index is 2.55. The maximum Gasteiger partial charge on any atom is 0.243 e. The van der Waals surface area contributed by atoms with Crippen molar-refractivity contribution in [3.05, 3.63) is 28.2 Å². The van der Waals surface area contributed by atoms with Gasteiger partial charge in [-0.3, -0.25) is 9.59 Å². The highest BCUT2D eigenvalue weighted by molar-refractivity contribution is 6.42. The molecule has 0 atom stereocenters. The average molecular weight is 346 g/mol. The van der Waals surface area contributed by atoms with Gasteiger partial charge < -0.3 is 15.1 Å². The first-order valence-corrected chi connectivity index (χ1v) is 7.70. The molecule has 1 rings (SSSR count). The third kappa shape index (κ3) is 6.64. The highest BCUT2D eigenvalue weighted by Gasteiger charge is 2.14. The zero-order chi connectivity index (χ0) is 16.7. The number of hydrogen-bond donors (Lipinski definition) is 1. The molecule has 22 heavy (non-hydrogen) atoms. The first-order valence-electron chi connectivity index (χ1n) is 6.94. The predicted molar refractivity (Wildman–Crippen MR) is 90.5 cm³/mol. The number of carbonyl (C=O) groups is 2. The molecule has 0 saturated carbocycles. The number of nitrogens with zero attached hydrogens (tertiary/aromatic N) is 2. The molecule has 0 unspecified atom stereocenters. The SMILES string of the molecule is CC(=O)N(CCCN(C)C)CC(=O)Nc1ccc(Cl)c(Cl)c1. The average Bonchev–Trinajstić information content (AvgIpc) is 2.41. The topological polar surface area (TPSA) is 52.7 Å². The van der Waals surface area contributed by atoms with E-state index in [9.17, 15) is 9.59 Å². The van der Waals surface area contributed by atoms with Gasteiger partial charge in [0.25, 0.3) is 0 Å². The molecule has 2 amide bonds. The van der Waals surface area contributed by atoms with Crippen molar-refractivity contribution in [3.8, 4) is 0 Å². The van der Waals surface area contributed by atoms with Crippen LogP contribution in [0.2, 0.25) is 10.0 Å². The van der Waals surface area contributed by atoms with Gasteiger partial charge in [-0.15, -0.1) is 0 Å². The molecule has 0 aliphatic heterocycles. The van der Waals surface area contributed by atoms with E-state index < -0.39 is 0 Å². The minimum absolute atomic E-state index is 0.0169. The molecule has 122 valence electrons. The molecule has 1 N–H and O–H groups in total. The fraction of sp³-hybridized carbons (Fsp3) is 0.467. The van der Waals surface area contributed by atoms with E-state index in [0.717, 1.165) is 13.0 Å². The van der Waals surface area contributed by atoms with E-state index in [2.05, 4.69) is 5.32 Å². The van der Waals surface area contributed by atoms with Crippen LogP contribution < -0.4 is 5.32 Å². The smallest absolute Gasteiger partial charge is 0.243 e. The van der Waals surface area contributed by atoms with Crippen molar-refractivity contribution >= 4 is 40.7 Å². The van der Waals surface area contributed by atoms with Gasteiger partial charge in [0.05, 0.1) is 16.6 Å². The zero-order valence-electron chi connectivity index (χ0n) is 13.0. The van der Waals surface area contributed by atoms with Crippen molar-refractivity contribution in [3.63, 3.8) is 0 Å². The molecular weight excluding hydrogens is 325 g/mol. The molecule has 0 heterocycles. The van der Waals surface area contributed by atoms with Gasteiger partial charge in [-0.05, 0) is 45.3 Å². The molecule has 0 aliphatic rings. The van der Waals surface area contributed by atoms with E-state index in [0.29, 0.717) is 22.3 Å². The second-order valence-corrected chi connectivity index (χ2v) is 6.09. The summed E-state index contributed by atoms with van der Waals surface area (Å²) in [6.07, 6.45) is 0.812. The minimum atomic E-state index is -0.265. The monoisotopic (exact) mass is 345 g/mol. The largest absolute Gasteiger partial charge is 0.334 e. The van der Waals surface area contributed by atoms with Crippen LogP contribution in [0.3, 0.4) is 0 Å². The summed E-state index contributed by atoms with van der Waals surface area (Å²) < 4.78 is 0. The van der Waals surface area contributed by atoms with Crippen LogP contribution in [0.1, 0.15) is 13.3 Å². The molecule has 0 aromatic heterocycles. The molecule has 5 nitrogen and oxygen atoms in total. The van der Waals surface area contributed by atoms with Crippen molar-refractivity contribution < 1.29 is 9.59 Å². The molecule has 0 fully saturated rings. The van der Waals surface area contributed by atoms with E-state index in [1.807, 2.05) is 19.0 Å². The molecule has 0 bridgehead atoms. The number of amides is 2. The van der Waals surface area contributed by atoms with Crippen molar-refractivity contribution in [1.82, 2.24) is 9.80 Å². The van der Waals surface area contributed by atoms with Gasteiger partial charge in [-0.2, -0.15) is 0 Å². The first-order chi connectivity index (χ1) is 10.3. The summed E-state index contributed by atoms with van der Waals surface area (Å²) >= 11 is 11.7. The van der Waals surface area contributed by atoms with E-state index in [4.69, 9.17) is 23.2 Å². The molecule has 1 aromatic rings. The third-order valence-electron chi connectivity index (χ3n) is 3.02. The maximum atomic E-state index is 12.0. The van der Waals surface area contributed by atoms with Crippen LogP contribution in [0, 0.1) is 0 Å². The van der Waals surface area contributed by atoms with Crippen molar-refractivity contribution in [2.75, 3.05) is 39.0 Å². The Hall–Kier alpha value is -1.30. The molecule has 0 aliphatic carbocycles. The van der Waals surface area contributed by atoms with Crippen LogP contribution in [-0.2, 0) is 9.59 Å². The Labute approximate surface area is 141 Å². The Kier molecular flexibility index (Phi) is 7.65. The maximum absolute atomic E-state index is 12.0. The van der Waals surface area contributed by atoms with E-state index in [1.54, 1.807) is 18.2 Å². The summed E-state index contributed by atoms with van der Waals surface area (Å²) in [5, 5.41) is 3.50. The van der Waals surface area contributed by atoms with Crippen LogP contribution in [0.4, 0.5) is 5.69 Å². The van der Waals surface area contributed by atoms with Gasteiger partial charge >= 0.3 is 0 Å². The van der Waals surface area contributed by atoms with Crippen LogP contribution >= 0.6 is 23.2 Å². The van der Waals surface area contributed by atoms with Gasteiger partial charge in [0.1, 0.15) is 0 Å². The van der Waals surface area contributed by atoms with Gasteiger partial charge in [-0.1, -0.05) is 23.2 Å². The number of nitrogens with one attached hydrogen (secondary N) is 1. The molecule has 1 aromatic carbocycles. The predicted octanol–water partition coefficient (Wildman–Crippen LogP) is 2.73. The number of halogens is 2. The second kappa shape index (κ2) is 8.98. The van der Waals surface area contributed by atoms with Gasteiger partial charge in [0.2, 0.25) is 11.8 Å². The highest BCUT2D eigenvalue weighted by atomic mass is 35.5. The van der Waals surface area contributed by atoms with Crippen molar-refractivity contribution in [2.45, 2.75) is 13.3 Å². The van der Waals surface area contributed by atoms with Crippen LogP contribution in [0.15, 0.2) is 18.2 Å². The Bertz CT molecular complexity index is 536. The van der Waals surface area contributed by atoms with E-state index >= 15 is 0 Å². The fourth-order valence-electron chi connectivity index (χ4n) is 1.87. The second-order valence-electron chi connectivity index (χ2n) is 5.27. The van der Waals surface area contributed by atoms with Crippen molar-refractivity contribution in [2.24, 2.45) is 0 Å². The fourth-order valence-corrected chi connectivity index (χ4v) is 2.17. The lowest BCUT2D eigenvalue weighted by Gasteiger charge is -2.21. The Morgan fingerprint density at radius 2 is 1.82 bits per heavy atom. The molecule has 7 heteroatoms. The summed E-state index contributed by atoms with van der Waals surface area (Å²) in [4.78, 5) is 27.2. The van der Waals surface area contributed by atoms with Crippen LogP contribution in [0.5, 0.6) is 0 Å². The molecule has 0 radical (unpaired) electrons. The van der Waals surface area contributed by atoms with E-state index in [1.165, 1.54) is 11.8 Å². The van der Waals surface area contributed by atoms with Crippen LogP contribution in [0.25, 0.3) is 0 Å². The number of carbonyl (C=O) groups excluding carboxylic acids is 2.